The van der Waals surface area contributed by atoms with E-state index in [1.54, 1.807) is 36.7 Å². The van der Waals surface area contributed by atoms with Crippen molar-refractivity contribution in [3.63, 3.8) is 0 Å². The Hall–Kier alpha value is -3.56. The number of benzene rings is 2. The van der Waals surface area contributed by atoms with Crippen LogP contribution in [0.2, 0.25) is 0 Å². The summed E-state index contributed by atoms with van der Waals surface area (Å²) in [5, 5.41) is 0. The van der Waals surface area contributed by atoms with Crippen molar-refractivity contribution in [1.29, 1.82) is 0 Å². The Labute approximate surface area is 170 Å². The molecule has 1 aliphatic rings. The summed E-state index contributed by atoms with van der Waals surface area (Å²) in [5.74, 6) is 5.35. The van der Waals surface area contributed by atoms with E-state index in [9.17, 15) is 13.4 Å². The number of aromatic nitrogens is 1. The van der Waals surface area contributed by atoms with Gasteiger partial charge in [0, 0.05) is 29.9 Å². The highest BCUT2D eigenvalue weighted by Crippen LogP contribution is 2.29. The standard InChI is InChI=1S/C23H15FN2O2S/c24-19-6-2-5-18(13-19)15-22-23(27)20-14-17(7-8-21(20)26-29(22)28)4-1-3-16-9-11-25-12-10-16/h2,5-15,26H,3H2/b22-15-. The average molecular weight is 402 g/mol. The molecule has 4 rings (SSSR count). The van der Waals surface area contributed by atoms with Gasteiger partial charge in [0.25, 0.3) is 0 Å². The van der Waals surface area contributed by atoms with E-state index in [4.69, 9.17) is 0 Å². The van der Waals surface area contributed by atoms with E-state index in [-0.39, 0.29) is 10.7 Å². The number of halogens is 1. The highest BCUT2D eigenvalue weighted by Gasteiger charge is 2.27. The number of nitrogens with zero attached hydrogens (tertiary/aromatic N) is 1. The van der Waals surface area contributed by atoms with Gasteiger partial charge in [-0.25, -0.2) is 8.60 Å². The molecule has 1 aliphatic heterocycles. The lowest BCUT2D eigenvalue weighted by atomic mass is 10.0. The van der Waals surface area contributed by atoms with Crippen LogP contribution in [0.15, 0.2) is 71.9 Å². The molecule has 2 heterocycles. The summed E-state index contributed by atoms with van der Waals surface area (Å²) in [6.45, 7) is 0. The van der Waals surface area contributed by atoms with Gasteiger partial charge in [-0.05, 0) is 59.7 Å². The van der Waals surface area contributed by atoms with E-state index in [0.29, 0.717) is 28.8 Å². The fourth-order valence-corrected chi connectivity index (χ4v) is 3.90. The number of carbonyl (C=O) groups is 1. The molecule has 1 unspecified atom stereocenters. The molecule has 29 heavy (non-hydrogen) atoms. The van der Waals surface area contributed by atoms with Crippen LogP contribution in [0.4, 0.5) is 10.1 Å². The number of ketones is 1. The number of allylic oxidation sites excluding steroid dienone is 1. The zero-order valence-electron chi connectivity index (χ0n) is 15.2. The van der Waals surface area contributed by atoms with Crippen molar-refractivity contribution < 1.29 is 13.4 Å². The van der Waals surface area contributed by atoms with Gasteiger partial charge in [0.15, 0.2) is 11.0 Å². The Bertz CT molecular complexity index is 1210. The van der Waals surface area contributed by atoms with Crippen LogP contribution in [-0.2, 0) is 17.4 Å². The molecule has 0 amide bonds. The van der Waals surface area contributed by atoms with Crippen LogP contribution in [0.3, 0.4) is 0 Å². The summed E-state index contributed by atoms with van der Waals surface area (Å²) in [4.78, 5) is 17.0. The SMILES string of the molecule is O=C1/C(=C/c2cccc(F)c2)S(=O)Nc2ccc(C#CCc3ccncc3)cc21. The number of hydrogen-bond acceptors (Lipinski definition) is 3. The minimum atomic E-state index is -1.72. The van der Waals surface area contributed by atoms with Crippen LogP contribution >= 0.6 is 0 Å². The molecule has 0 saturated heterocycles. The van der Waals surface area contributed by atoms with Gasteiger partial charge in [0.1, 0.15) is 10.7 Å². The molecule has 2 aromatic carbocycles. The maximum atomic E-state index is 13.4. The van der Waals surface area contributed by atoms with Gasteiger partial charge in [-0.15, -0.1) is 0 Å². The molecule has 0 fully saturated rings. The molecular weight excluding hydrogens is 387 g/mol. The number of hydrogen-bond donors (Lipinski definition) is 1. The molecule has 0 saturated carbocycles. The van der Waals surface area contributed by atoms with Gasteiger partial charge in [-0.2, -0.15) is 0 Å². The Morgan fingerprint density at radius 1 is 1.10 bits per heavy atom. The summed E-state index contributed by atoms with van der Waals surface area (Å²) in [6, 6.07) is 14.7. The predicted molar refractivity (Wildman–Crippen MR) is 112 cm³/mol. The second-order valence-corrected chi connectivity index (χ2v) is 7.54. The third kappa shape index (κ3) is 4.31. The van der Waals surface area contributed by atoms with Gasteiger partial charge < -0.3 is 4.72 Å². The molecule has 1 aromatic heterocycles. The molecule has 142 valence electrons. The summed E-state index contributed by atoms with van der Waals surface area (Å²) in [5.41, 5.74) is 3.09. The smallest absolute Gasteiger partial charge is 0.205 e. The van der Waals surface area contributed by atoms with Gasteiger partial charge in [-0.1, -0.05) is 24.0 Å². The van der Waals surface area contributed by atoms with Crippen LogP contribution in [0, 0.1) is 17.7 Å². The minimum Gasteiger partial charge on any atom is -0.300 e. The molecule has 3 aromatic rings. The quantitative estimate of drug-likeness (QED) is 0.518. The molecule has 1 N–H and O–H groups in total. The molecule has 0 spiro atoms. The maximum Gasteiger partial charge on any atom is 0.205 e. The van der Waals surface area contributed by atoms with Crippen molar-refractivity contribution in [2.45, 2.75) is 6.42 Å². The monoisotopic (exact) mass is 402 g/mol. The Kier molecular flexibility index (Phi) is 5.32. The second kappa shape index (κ2) is 8.21. The zero-order chi connectivity index (χ0) is 20.2. The number of rotatable bonds is 2. The van der Waals surface area contributed by atoms with Crippen molar-refractivity contribution in [3.05, 3.63) is 100.0 Å². The van der Waals surface area contributed by atoms with Crippen LogP contribution in [0.1, 0.15) is 27.0 Å². The van der Waals surface area contributed by atoms with E-state index < -0.39 is 16.8 Å². The normalized spacial score (nSPS) is 16.5. The molecule has 0 radical (unpaired) electrons. The van der Waals surface area contributed by atoms with Crippen LogP contribution in [0.5, 0.6) is 0 Å². The van der Waals surface area contributed by atoms with Crippen molar-refractivity contribution in [3.8, 4) is 11.8 Å². The Morgan fingerprint density at radius 3 is 2.72 bits per heavy atom. The van der Waals surface area contributed by atoms with Crippen LogP contribution in [-0.4, -0.2) is 15.0 Å². The van der Waals surface area contributed by atoms with Gasteiger partial charge in [-0.3, -0.25) is 9.78 Å². The van der Waals surface area contributed by atoms with E-state index in [2.05, 4.69) is 21.5 Å². The Morgan fingerprint density at radius 2 is 1.93 bits per heavy atom. The first kappa shape index (κ1) is 18.8. The minimum absolute atomic E-state index is 0.0741. The number of nitrogens with one attached hydrogen (secondary N) is 1. The fraction of sp³-hybridized carbons (Fsp3) is 0.0435. The van der Waals surface area contributed by atoms with E-state index in [1.807, 2.05) is 12.1 Å². The average Bonchev–Trinajstić information content (AvgIpc) is 2.72. The van der Waals surface area contributed by atoms with E-state index in [1.165, 1.54) is 24.3 Å². The van der Waals surface area contributed by atoms with Gasteiger partial charge in [0.05, 0.1) is 5.69 Å². The number of pyridine rings is 1. The molecule has 0 aliphatic carbocycles. The van der Waals surface area contributed by atoms with E-state index >= 15 is 0 Å². The van der Waals surface area contributed by atoms with Crippen molar-refractivity contribution in [2.75, 3.05) is 4.72 Å². The highest BCUT2D eigenvalue weighted by molar-refractivity contribution is 7.91. The molecule has 1 atom stereocenters. The van der Waals surface area contributed by atoms with Crippen LogP contribution in [0.25, 0.3) is 6.08 Å². The predicted octanol–water partition coefficient (Wildman–Crippen LogP) is 4.13. The Balaban J connectivity index is 1.62. The summed E-state index contributed by atoms with van der Waals surface area (Å²) in [7, 11) is -1.72. The lowest BCUT2D eigenvalue weighted by Crippen LogP contribution is -2.22. The zero-order valence-corrected chi connectivity index (χ0v) is 16.0. The topological polar surface area (TPSA) is 59.1 Å². The molecule has 4 nitrogen and oxygen atoms in total. The van der Waals surface area contributed by atoms with Gasteiger partial charge >= 0.3 is 0 Å². The molecule has 0 bridgehead atoms. The lowest BCUT2D eigenvalue weighted by molar-refractivity contribution is 0.104. The van der Waals surface area contributed by atoms with Crippen LogP contribution < -0.4 is 4.72 Å². The second-order valence-electron chi connectivity index (χ2n) is 6.36. The first-order valence-electron chi connectivity index (χ1n) is 8.82. The summed E-state index contributed by atoms with van der Waals surface area (Å²) >= 11 is 0. The third-order valence-corrected chi connectivity index (χ3v) is 5.42. The van der Waals surface area contributed by atoms with E-state index in [0.717, 1.165) is 5.56 Å². The lowest BCUT2D eigenvalue weighted by Gasteiger charge is -2.19. The summed E-state index contributed by atoms with van der Waals surface area (Å²) < 4.78 is 28.7. The maximum absolute atomic E-state index is 13.4. The highest BCUT2D eigenvalue weighted by atomic mass is 32.2. The summed E-state index contributed by atoms with van der Waals surface area (Å²) in [6.07, 6.45) is 5.44. The number of anilines is 1. The number of Topliss-reactive ketones (excluding diaryl/α,β-unsaturated/α-hetero) is 1. The van der Waals surface area contributed by atoms with Crippen molar-refractivity contribution in [1.82, 2.24) is 4.98 Å². The number of fused-ring (bicyclic) bond motifs is 1. The fourth-order valence-electron chi connectivity index (χ4n) is 2.89. The molecule has 6 heteroatoms. The number of carbonyl (C=O) groups excluding carboxylic acids is 1. The molecular formula is C23H15FN2O2S. The largest absolute Gasteiger partial charge is 0.300 e. The van der Waals surface area contributed by atoms with Gasteiger partial charge in [0.2, 0.25) is 5.78 Å². The first-order chi connectivity index (χ1) is 14.1. The first-order valence-corrected chi connectivity index (χ1v) is 9.97. The third-order valence-electron chi connectivity index (χ3n) is 4.31. The van der Waals surface area contributed by atoms with Crippen molar-refractivity contribution >= 4 is 28.5 Å². The van der Waals surface area contributed by atoms with Crippen molar-refractivity contribution in [2.24, 2.45) is 0 Å².